The molecular formula is C8H18O. The zero-order valence-corrected chi connectivity index (χ0v) is 6.94. The Balaban J connectivity index is 3.58. The summed E-state index contributed by atoms with van der Waals surface area (Å²) in [7, 11) is 0. The molecule has 0 saturated heterocycles. The van der Waals surface area contributed by atoms with Crippen molar-refractivity contribution >= 4 is 0 Å². The SMILES string of the molecule is CCC(C)(C)C[C@H](C)O. The third-order valence-electron chi connectivity index (χ3n) is 1.81. The summed E-state index contributed by atoms with van der Waals surface area (Å²) in [6.45, 7) is 8.36. The molecule has 1 heteroatoms. The molecule has 0 aliphatic heterocycles. The number of hydrogen-bond donors (Lipinski definition) is 1. The Hall–Kier alpha value is -0.0400. The van der Waals surface area contributed by atoms with E-state index in [1.807, 2.05) is 6.92 Å². The van der Waals surface area contributed by atoms with Crippen LogP contribution in [0.25, 0.3) is 0 Å². The average molecular weight is 130 g/mol. The van der Waals surface area contributed by atoms with Gasteiger partial charge in [-0.25, -0.2) is 0 Å². The minimum absolute atomic E-state index is 0.153. The Morgan fingerprint density at radius 3 is 2.00 bits per heavy atom. The number of rotatable bonds is 3. The fourth-order valence-electron chi connectivity index (χ4n) is 0.944. The first kappa shape index (κ1) is 8.96. The largest absolute Gasteiger partial charge is 0.393 e. The van der Waals surface area contributed by atoms with Gasteiger partial charge >= 0.3 is 0 Å². The van der Waals surface area contributed by atoms with Gasteiger partial charge in [0.1, 0.15) is 0 Å². The molecule has 0 heterocycles. The Labute approximate surface area is 58.1 Å². The normalized spacial score (nSPS) is 15.7. The van der Waals surface area contributed by atoms with Crippen LogP contribution >= 0.6 is 0 Å². The van der Waals surface area contributed by atoms with Crippen LogP contribution < -0.4 is 0 Å². The highest BCUT2D eigenvalue weighted by Crippen LogP contribution is 2.25. The van der Waals surface area contributed by atoms with Crippen LogP contribution in [0.1, 0.15) is 40.5 Å². The van der Waals surface area contributed by atoms with Gasteiger partial charge in [-0.2, -0.15) is 0 Å². The van der Waals surface area contributed by atoms with Gasteiger partial charge in [-0.05, 0) is 18.8 Å². The molecule has 0 radical (unpaired) electrons. The lowest BCUT2D eigenvalue weighted by Gasteiger charge is -2.23. The molecule has 0 fully saturated rings. The second-order valence-electron chi connectivity index (χ2n) is 3.57. The molecule has 0 amide bonds. The molecule has 0 bridgehead atoms. The van der Waals surface area contributed by atoms with Crippen LogP contribution in [-0.2, 0) is 0 Å². The van der Waals surface area contributed by atoms with Crippen molar-refractivity contribution in [1.29, 1.82) is 0 Å². The summed E-state index contributed by atoms with van der Waals surface area (Å²) in [6.07, 6.45) is 1.89. The van der Waals surface area contributed by atoms with Gasteiger partial charge in [0.25, 0.3) is 0 Å². The van der Waals surface area contributed by atoms with Crippen LogP contribution in [0.15, 0.2) is 0 Å². The predicted molar refractivity (Wildman–Crippen MR) is 40.4 cm³/mol. The fourth-order valence-corrected chi connectivity index (χ4v) is 0.944. The zero-order chi connectivity index (χ0) is 7.49. The lowest BCUT2D eigenvalue weighted by molar-refractivity contribution is 0.127. The summed E-state index contributed by atoms with van der Waals surface area (Å²) in [6, 6.07) is 0. The predicted octanol–water partition coefficient (Wildman–Crippen LogP) is 2.19. The maximum atomic E-state index is 9.02. The van der Waals surface area contributed by atoms with E-state index in [-0.39, 0.29) is 6.10 Å². The van der Waals surface area contributed by atoms with Gasteiger partial charge in [0.05, 0.1) is 6.10 Å². The van der Waals surface area contributed by atoms with E-state index < -0.39 is 0 Å². The molecule has 56 valence electrons. The molecule has 0 aliphatic carbocycles. The van der Waals surface area contributed by atoms with Crippen LogP contribution in [-0.4, -0.2) is 11.2 Å². The molecule has 0 aromatic carbocycles. The van der Waals surface area contributed by atoms with E-state index in [2.05, 4.69) is 20.8 Å². The molecule has 0 rings (SSSR count). The highest BCUT2D eigenvalue weighted by Gasteiger charge is 2.16. The number of aliphatic hydroxyl groups excluding tert-OH is 1. The monoisotopic (exact) mass is 130 g/mol. The molecule has 0 unspecified atom stereocenters. The van der Waals surface area contributed by atoms with E-state index in [1.54, 1.807) is 0 Å². The third-order valence-corrected chi connectivity index (χ3v) is 1.81. The summed E-state index contributed by atoms with van der Waals surface area (Å²) < 4.78 is 0. The van der Waals surface area contributed by atoms with Gasteiger partial charge in [-0.15, -0.1) is 0 Å². The zero-order valence-electron chi connectivity index (χ0n) is 6.94. The molecular weight excluding hydrogens is 112 g/mol. The Kier molecular flexibility index (Phi) is 3.20. The van der Waals surface area contributed by atoms with Gasteiger partial charge in [0.2, 0.25) is 0 Å². The van der Waals surface area contributed by atoms with Gasteiger partial charge in [0, 0.05) is 0 Å². The summed E-state index contributed by atoms with van der Waals surface area (Å²) >= 11 is 0. The summed E-state index contributed by atoms with van der Waals surface area (Å²) in [4.78, 5) is 0. The Morgan fingerprint density at radius 1 is 1.44 bits per heavy atom. The van der Waals surface area contributed by atoms with Gasteiger partial charge in [-0.1, -0.05) is 27.2 Å². The lowest BCUT2D eigenvalue weighted by atomic mass is 9.85. The summed E-state index contributed by atoms with van der Waals surface area (Å²) in [5.41, 5.74) is 0.314. The highest BCUT2D eigenvalue weighted by molar-refractivity contribution is 4.68. The van der Waals surface area contributed by atoms with Crippen LogP contribution in [0.2, 0.25) is 0 Å². The molecule has 0 saturated carbocycles. The topological polar surface area (TPSA) is 20.2 Å². The first-order valence-corrected chi connectivity index (χ1v) is 3.66. The van der Waals surface area contributed by atoms with Crippen LogP contribution in [0.4, 0.5) is 0 Å². The standard InChI is InChI=1S/C8H18O/c1-5-8(3,4)6-7(2)9/h7,9H,5-6H2,1-4H3/t7-/m0/s1. The highest BCUT2D eigenvalue weighted by atomic mass is 16.3. The maximum Gasteiger partial charge on any atom is 0.0517 e. The molecule has 0 aromatic heterocycles. The minimum atomic E-state index is -0.153. The van der Waals surface area contributed by atoms with E-state index in [9.17, 15) is 0 Å². The van der Waals surface area contributed by atoms with Crippen molar-refractivity contribution in [3.63, 3.8) is 0 Å². The summed E-state index contributed by atoms with van der Waals surface area (Å²) in [5.74, 6) is 0. The van der Waals surface area contributed by atoms with Crippen molar-refractivity contribution < 1.29 is 5.11 Å². The van der Waals surface area contributed by atoms with Crippen molar-refractivity contribution in [2.45, 2.75) is 46.6 Å². The Bertz CT molecular complexity index is 74.6. The summed E-state index contributed by atoms with van der Waals surface area (Å²) in [5, 5.41) is 9.02. The fraction of sp³-hybridized carbons (Fsp3) is 1.00. The Morgan fingerprint density at radius 2 is 1.89 bits per heavy atom. The van der Waals surface area contributed by atoms with Crippen molar-refractivity contribution in [3.8, 4) is 0 Å². The average Bonchev–Trinajstić information content (AvgIpc) is 1.63. The quantitative estimate of drug-likeness (QED) is 0.621. The van der Waals surface area contributed by atoms with E-state index >= 15 is 0 Å². The van der Waals surface area contributed by atoms with Crippen LogP contribution in [0.3, 0.4) is 0 Å². The molecule has 1 nitrogen and oxygen atoms in total. The molecule has 1 N–H and O–H groups in total. The van der Waals surface area contributed by atoms with Crippen molar-refractivity contribution in [2.24, 2.45) is 5.41 Å². The van der Waals surface area contributed by atoms with Crippen molar-refractivity contribution in [2.75, 3.05) is 0 Å². The third kappa shape index (κ3) is 4.46. The lowest BCUT2D eigenvalue weighted by Crippen LogP contribution is -2.16. The second kappa shape index (κ2) is 3.21. The van der Waals surface area contributed by atoms with E-state index in [4.69, 9.17) is 5.11 Å². The number of hydrogen-bond acceptors (Lipinski definition) is 1. The van der Waals surface area contributed by atoms with Crippen LogP contribution in [0, 0.1) is 5.41 Å². The number of aliphatic hydroxyl groups is 1. The van der Waals surface area contributed by atoms with Gasteiger partial charge in [-0.3, -0.25) is 0 Å². The molecule has 9 heavy (non-hydrogen) atoms. The van der Waals surface area contributed by atoms with Crippen molar-refractivity contribution in [3.05, 3.63) is 0 Å². The smallest absolute Gasteiger partial charge is 0.0517 e. The van der Waals surface area contributed by atoms with Crippen LogP contribution in [0.5, 0.6) is 0 Å². The molecule has 0 aromatic rings. The van der Waals surface area contributed by atoms with Crippen molar-refractivity contribution in [1.82, 2.24) is 0 Å². The first-order valence-electron chi connectivity index (χ1n) is 3.66. The van der Waals surface area contributed by atoms with Gasteiger partial charge < -0.3 is 5.11 Å². The second-order valence-corrected chi connectivity index (χ2v) is 3.57. The molecule has 1 atom stereocenters. The van der Waals surface area contributed by atoms with E-state index in [0.29, 0.717) is 5.41 Å². The first-order chi connectivity index (χ1) is 3.98. The van der Waals surface area contributed by atoms with Gasteiger partial charge in [0.15, 0.2) is 0 Å². The van der Waals surface area contributed by atoms with E-state index in [1.165, 1.54) is 0 Å². The molecule has 0 spiro atoms. The minimum Gasteiger partial charge on any atom is -0.393 e. The molecule has 0 aliphatic rings. The van der Waals surface area contributed by atoms with E-state index in [0.717, 1.165) is 12.8 Å². The maximum absolute atomic E-state index is 9.02.